The van der Waals surface area contributed by atoms with E-state index in [-0.39, 0.29) is 0 Å². The number of pyridine rings is 3. The molecule has 3 nitrogen and oxygen atoms in total. The number of nitrogens with zero attached hydrogens (tertiary/aromatic N) is 3. The van der Waals surface area contributed by atoms with Gasteiger partial charge in [-0.3, -0.25) is 4.98 Å². The molecule has 4 heteroatoms. The third-order valence-electron chi connectivity index (χ3n) is 8.61. The van der Waals surface area contributed by atoms with Gasteiger partial charge in [0.25, 0.3) is 0 Å². The van der Waals surface area contributed by atoms with Crippen molar-refractivity contribution in [3.8, 4) is 44.9 Å². The van der Waals surface area contributed by atoms with Crippen molar-refractivity contribution in [1.82, 2.24) is 15.0 Å². The summed E-state index contributed by atoms with van der Waals surface area (Å²) in [7, 11) is 0. The highest BCUT2D eigenvalue weighted by Gasteiger charge is 2.16. The summed E-state index contributed by atoms with van der Waals surface area (Å²) >= 11 is 1.87. The zero-order valence-corrected chi connectivity index (χ0v) is 25.0. The van der Waals surface area contributed by atoms with Crippen molar-refractivity contribution >= 4 is 53.2 Å². The van der Waals surface area contributed by atoms with Gasteiger partial charge in [0.2, 0.25) is 0 Å². The lowest BCUT2D eigenvalue weighted by Crippen LogP contribution is -1.90. The second kappa shape index (κ2) is 10.5. The standard InChI is InChI=1S/C41H25N3S/c1-3-8-37-33(7-1)39-34(21-20-32-31-6-2-4-11-38(31)45-41(32)39)40(44-37)30-18-14-27(15-19-30)26-12-16-28(17-13-26)35-9-5-10-36(43-35)29-22-24-42-25-23-29/h1-25H. The molecule has 0 saturated heterocycles. The summed E-state index contributed by atoms with van der Waals surface area (Å²) in [4.78, 5) is 14.2. The average Bonchev–Trinajstić information content (AvgIpc) is 3.51. The Bertz CT molecular complexity index is 2520. The summed E-state index contributed by atoms with van der Waals surface area (Å²) in [5.41, 5.74) is 9.53. The number of rotatable bonds is 4. The van der Waals surface area contributed by atoms with Crippen molar-refractivity contribution in [2.75, 3.05) is 0 Å². The molecule has 0 aliphatic carbocycles. The highest BCUT2D eigenvalue weighted by Crippen LogP contribution is 2.43. The van der Waals surface area contributed by atoms with Gasteiger partial charge < -0.3 is 0 Å². The van der Waals surface area contributed by atoms with Crippen molar-refractivity contribution in [3.63, 3.8) is 0 Å². The van der Waals surface area contributed by atoms with Gasteiger partial charge in [0, 0.05) is 65.4 Å². The minimum atomic E-state index is 0.942. The van der Waals surface area contributed by atoms with Gasteiger partial charge in [-0.05, 0) is 47.5 Å². The number of hydrogen-bond donors (Lipinski definition) is 0. The first-order chi connectivity index (χ1) is 22.3. The van der Waals surface area contributed by atoms with Crippen LogP contribution in [0.3, 0.4) is 0 Å². The molecule has 210 valence electrons. The predicted molar refractivity (Wildman–Crippen MR) is 189 cm³/mol. The van der Waals surface area contributed by atoms with Crippen molar-refractivity contribution < 1.29 is 0 Å². The number of hydrogen-bond acceptors (Lipinski definition) is 4. The minimum absolute atomic E-state index is 0.942. The van der Waals surface area contributed by atoms with E-state index < -0.39 is 0 Å². The van der Waals surface area contributed by atoms with Gasteiger partial charge >= 0.3 is 0 Å². The second-order valence-corrected chi connectivity index (χ2v) is 12.3. The maximum atomic E-state index is 5.21. The molecule has 0 bridgehead atoms. The minimum Gasteiger partial charge on any atom is -0.265 e. The van der Waals surface area contributed by atoms with E-state index in [1.807, 2.05) is 29.5 Å². The molecule has 0 fully saturated rings. The summed E-state index contributed by atoms with van der Waals surface area (Å²) in [6, 6.07) is 49.3. The van der Waals surface area contributed by atoms with E-state index in [1.165, 1.54) is 47.5 Å². The molecule has 9 rings (SSSR count). The van der Waals surface area contributed by atoms with E-state index in [2.05, 4.69) is 126 Å². The van der Waals surface area contributed by atoms with Crippen molar-refractivity contribution in [3.05, 3.63) is 152 Å². The van der Waals surface area contributed by atoms with Gasteiger partial charge in [-0.2, -0.15) is 0 Å². The zero-order valence-electron chi connectivity index (χ0n) is 24.2. The maximum Gasteiger partial charge on any atom is 0.0788 e. The molecule has 45 heavy (non-hydrogen) atoms. The lowest BCUT2D eigenvalue weighted by Gasteiger charge is -2.12. The molecule has 0 aliphatic rings. The highest BCUT2D eigenvalue weighted by molar-refractivity contribution is 7.26. The Morgan fingerprint density at radius 1 is 0.400 bits per heavy atom. The number of aromatic nitrogens is 3. The third kappa shape index (κ3) is 4.38. The van der Waals surface area contributed by atoms with Crippen molar-refractivity contribution in [1.29, 1.82) is 0 Å². The fraction of sp³-hybridized carbons (Fsp3) is 0. The molecule has 0 unspecified atom stereocenters. The molecule has 5 aromatic carbocycles. The topological polar surface area (TPSA) is 38.7 Å². The van der Waals surface area contributed by atoms with Gasteiger partial charge in [-0.25, -0.2) is 9.97 Å². The molecule has 0 atom stereocenters. The molecule has 4 heterocycles. The van der Waals surface area contributed by atoms with Crippen LogP contribution in [0.4, 0.5) is 0 Å². The van der Waals surface area contributed by atoms with Gasteiger partial charge in [-0.15, -0.1) is 11.3 Å². The lowest BCUT2D eigenvalue weighted by atomic mass is 9.96. The maximum absolute atomic E-state index is 5.21. The van der Waals surface area contributed by atoms with E-state index in [0.717, 1.165) is 39.3 Å². The average molecular weight is 592 g/mol. The number of benzene rings is 5. The van der Waals surface area contributed by atoms with E-state index >= 15 is 0 Å². The molecule has 0 amide bonds. The normalized spacial score (nSPS) is 11.6. The van der Waals surface area contributed by atoms with Crippen LogP contribution in [0.1, 0.15) is 0 Å². The van der Waals surface area contributed by atoms with E-state index in [0.29, 0.717) is 0 Å². The largest absolute Gasteiger partial charge is 0.265 e. The van der Waals surface area contributed by atoms with Gasteiger partial charge in [0.05, 0.1) is 22.6 Å². The Morgan fingerprint density at radius 2 is 1.00 bits per heavy atom. The van der Waals surface area contributed by atoms with E-state index in [1.54, 1.807) is 12.4 Å². The summed E-state index contributed by atoms with van der Waals surface area (Å²) in [6.07, 6.45) is 3.60. The second-order valence-electron chi connectivity index (χ2n) is 11.2. The van der Waals surface area contributed by atoms with E-state index in [4.69, 9.17) is 9.97 Å². The summed E-state index contributed by atoms with van der Waals surface area (Å²) in [6.45, 7) is 0. The molecule has 0 N–H and O–H groups in total. The molecule has 4 aromatic heterocycles. The fourth-order valence-electron chi connectivity index (χ4n) is 6.37. The summed E-state index contributed by atoms with van der Waals surface area (Å²) in [5.74, 6) is 0. The fourth-order valence-corrected chi connectivity index (χ4v) is 7.63. The van der Waals surface area contributed by atoms with Gasteiger partial charge in [0.15, 0.2) is 0 Å². The Hall–Kier alpha value is -5.71. The van der Waals surface area contributed by atoms with Crippen molar-refractivity contribution in [2.24, 2.45) is 0 Å². The Labute approximate surface area is 264 Å². The molecular formula is C41H25N3S. The van der Waals surface area contributed by atoms with Crippen LogP contribution in [0, 0.1) is 0 Å². The molecular weight excluding hydrogens is 567 g/mol. The summed E-state index contributed by atoms with van der Waals surface area (Å²) < 4.78 is 2.64. The highest BCUT2D eigenvalue weighted by atomic mass is 32.1. The van der Waals surface area contributed by atoms with Gasteiger partial charge in [0.1, 0.15) is 0 Å². The zero-order chi connectivity index (χ0) is 29.7. The lowest BCUT2D eigenvalue weighted by molar-refractivity contribution is 1.29. The van der Waals surface area contributed by atoms with Crippen molar-refractivity contribution in [2.45, 2.75) is 0 Å². The van der Waals surface area contributed by atoms with Crippen LogP contribution in [-0.2, 0) is 0 Å². The molecule has 0 radical (unpaired) electrons. The van der Waals surface area contributed by atoms with Crippen LogP contribution < -0.4 is 0 Å². The smallest absolute Gasteiger partial charge is 0.0788 e. The first-order valence-electron chi connectivity index (χ1n) is 15.0. The molecule has 0 spiro atoms. The molecule has 9 aromatic rings. The van der Waals surface area contributed by atoms with Crippen LogP contribution in [0.25, 0.3) is 86.7 Å². The molecule has 0 saturated carbocycles. The number of para-hydroxylation sites is 1. The monoisotopic (exact) mass is 591 g/mol. The van der Waals surface area contributed by atoms with E-state index in [9.17, 15) is 0 Å². The van der Waals surface area contributed by atoms with Crippen LogP contribution in [0.15, 0.2) is 152 Å². The molecule has 0 aliphatic heterocycles. The Kier molecular flexibility index (Phi) is 6.00. The van der Waals surface area contributed by atoms with Gasteiger partial charge in [-0.1, -0.05) is 103 Å². The van der Waals surface area contributed by atoms with Crippen LogP contribution in [0.5, 0.6) is 0 Å². The first kappa shape index (κ1) is 25.8. The Balaban J connectivity index is 1.10. The first-order valence-corrected chi connectivity index (χ1v) is 15.8. The SMILES string of the molecule is c1cc(-c2ccncc2)nc(-c2ccc(-c3ccc(-c4nc5ccccc5c5c4ccc4c6ccccc6sc45)cc3)cc2)c1. The Morgan fingerprint density at radius 3 is 1.76 bits per heavy atom. The third-order valence-corrected chi connectivity index (χ3v) is 9.81. The van der Waals surface area contributed by atoms with Crippen LogP contribution in [-0.4, -0.2) is 15.0 Å². The van der Waals surface area contributed by atoms with Crippen LogP contribution in [0.2, 0.25) is 0 Å². The number of fused-ring (bicyclic) bond motifs is 7. The van der Waals surface area contributed by atoms with Crippen LogP contribution >= 0.6 is 11.3 Å². The quantitative estimate of drug-likeness (QED) is 0.191. The summed E-state index contributed by atoms with van der Waals surface area (Å²) in [5, 5.41) is 6.30. The predicted octanol–water partition coefficient (Wildman–Crippen LogP) is 11.2. The number of thiophene rings is 1.